The van der Waals surface area contributed by atoms with E-state index in [0.29, 0.717) is 32.1 Å². The number of aliphatic hydroxyl groups is 13. The van der Waals surface area contributed by atoms with Crippen LogP contribution in [0.2, 0.25) is 0 Å². The molecule has 4 aliphatic heterocycles. The fourth-order valence-corrected chi connectivity index (χ4v) is 17.5. The summed E-state index contributed by atoms with van der Waals surface area (Å²) in [5.74, 6) is -1.16. The molecular weight excluding hydrogens is 1030 g/mol. The van der Waals surface area contributed by atoms with E-state index < -0.39 is 176 Å². The largest absolute Gasteiger partial charge is 0.462 e. The van der Waals surface area contributed by atoms with Crippen LogP contribution in [-0.4, -0.2) is 232 Å². The number of esters is 1. The molecule has 0 aromatic heterocycles. The number of hydrogen-bond acceptors (Lipinski definition) is 23. The predicted molar refractivity (Wildman–Crippen MR) is 268 cm³/mol. The van der Waals surface area contributed by atoms with Gasteiger partial charge in [-0.25, -0.2) is 0 Å². The smallest absolute Gasteiger partial charge is 0.302 e. The Kier molecular flexibility index (Phi) is 17.2. The molecule has 0 amide bonds. The summed E-state index contributed by atoms with van der Waals surface area (Å²) in [6, 6.07) is 0. The normalized spacial score (nSPS) is 53.7. The van der Waals surface area contributed by atoms with Crippen molar-refractivity contribution >= 4 is 5.97 Å². The molecule has 4 heterocycles. The number of rotatable bonds is 15. The first-order valence-electron chi connectivity index (χ1n) is 28.5. The predicted octanol–water partition coefficient (Wildman–Crippen LogP) is -1.16. The highest BCUT2D eigenvalue weighted by molar-refractivity contribution is 5.66. The third-order valence-electron chi connectivity index (χ3n) is 21.8. The molecule has 0 bridgehead atoms. The Bertz CT molecular complexity index is 2100. The first kappa shape index (κ1) is 61.2. The van der Waals surface area contributed by atoms with Gasteiger partial charge in [-0.3, -0.25) is 4.79 Å². The van der Waals surface area contributed by atoms with E-state index in [1.165, 1.54) is 6.92 Å². The van der Waals surface area contributed by atoms with Gasteiger partial charge in [0.05, 0.1) is 49.3 Å². The number of carbonyl (C=O) groups excluding carboxylic acids is 1. The summed E-state index contributed by atoms with van der Waals surface area (Å²) in [5.41, 5.74) is -3.63. The maximum absolute atomic E-state index is 13.3. The molecule has 23 heteroatoms. The highest BCUT2D eigenvalue weighted by Gasteiger charge is 2.85. The molecule has 5 saturated carbocycles. The minimum atomic E-state index is -1.76. The van der Waals surface area contributed by atoms with E-state index in [4.69, 9.17) is 42.6 Å². The van der Waals surface area contributed by atoms with Crippen LogP contribution in [0.15, 0.2) is 0 Å². The lowest BCUT2D eigenvalue weighted by atomic mass is 9.41. The first-order chi connectivity index (χ1) is 36.3. The Morgan fingerprint density at radius 2 is 1.23 bits per heavy atom. The number of fused-ring (bicyclic) bond motifs is 2. The molecule has 0 aromatic carbocycles. The number of hydrogen-bond donors (Lipinski definition) is 13. The Balaban J connectivity index is 1.03. The summed E-state index contributed by atoms with van der Waals surface area (Å²) in [5, 5.41) is 140. The zero-order valence-electron chi connectivity index (χ0n) is 46.8. The van der Waals surface area contributed by atoms with E-state index >= 15 is 0 Å². The Morgan fingerprint density at radius 3 is 1.83 bits per heavy atom. The van der Waals surface area contributed by atoms with Crippen molar-refractivity contribution < 1.29 is 114 Å². The average Bonchev–Trinajstić information content (AvgIpc) is 3.98. The van der Waals surface area contributed by atoms with Crippen LogP contribution in [-0.2, 0) is 47.4 Å². The molecular formula is C55H92O23. The summed E-state index contributed by atoms with van der Waals surface area (Å²) in [6.07, 6.45) is -24.5. The number of ether oxygens (including phenoxy) is 9. The van der Waals surface area contributed by atoms with Gasteiger partial charge in [-0.15, -0.1) is 0 Å². The van der Waals surface area contributed by atoms with Gasteiger partial charge in [-0.05, 0) is 130 Å². The highest BCUT2D eigenvalue weighted by Crippen LogP contribution is 2.89. The van der Waals surface area contributed by atoms with Crippen molar-refractivity contribution in [3.05, 3.63) is 0 Å². The fraction of sp³-hybridized carbons (Fsp3) is 0.982. The van der Waals surface area contributed by atoms with Gasteiger partial charge >= 0.3 is 5.97 Å². The molecule has 0 unspecified atom stereocenters. The van der Waals surface area contributed by atoms with E-state index in [9.17, 15) is 71.2 Å². The van der Waals surface area contributed by atoms with E-state index in [0.717, 1.165) is 19.3 Å². The summed E-state index contributed by atoms with van der Waals surface area (Å²) in [6.45, 7) is 17.8. The topological polar surface area (TPSA) is 363 Å². The minimum absolute atomic E-state index is 0.0337. The zero-order chi connectivity index (χ0) is 57.3. The van der Waals surface area contributed by atoms with Gasteiger partial charge in [0.1, 0.15) is 85.5 Å². The quantitative estimate of drug-likeness (QED) is 0.0679. The number of aliphatic hydroxyl groups excluding tert-OH is 13. The molecule has 5 aliphatic carbocycles. The minimum Gasteiger partial charge on any atom is -0.462 e. The fourth-order valence-electron chi connectivity index (χ4n) is 17.5. The lowest BCUT2D eigenvalue weighted by Gasteiger charge is -2.65. The maximum atomic E-state index is 13.3. The summed E-state index contributed by atoms with van der Waals surface area (Å²) in [7, 11) is 0. The van der Waals surface area contributed by atoms with Crippen molar-refractivity contribution in [1.82, 2.24) is 0 Å². The van der Waals surface area contributed by atoms with E-state index in [2.05, 4.69) is 34.6 Å². The van der Waals surface area contributed by atoms with Crippen LogP contribution in [0.25, 0.3) is 0 Å². The molecule has 0 radical (unpaired) electrons. The van der Waals surface area contributed by atoms with Crippen LogP contribution < -0.4 is 0 Å². The molecule has 78 heavy (non-hydrogen) atoms. The van der Waals surface area contributed by atoms with Crippen LogP contribution in [0, 0.1) is 50.7 Å². The molecule has 23 nitrogen and oxygen atoms in total. The van der Waals surface area contributed by atoms with Gasteiger partial charge in [0, 0.05) is 12.8 Å². The Hall–Kier alpha value is -1.37. The van der Waals surface area contributed by atoms with Crippen LogP contribution in [0.3, 0.4) is 0 Å². The Labute approximate surface area is 456 Å². The maximum Gasteiger partial charge on any atom is 0.302 e. The van der Waals surface area contributed by atoms with Crippen molar-refractivity contribution in [1.29, 1.82) is 0 Å². The molecule has 450 valence electrons. The van der Waals surface area contributed by atoms with Crippen molar-refractivity contribution in [2.45, 2.75) is 274 Å². The SMILES string of the molecule is CC(=O)O[C@H]1C[C@@]2(C)[C@@H]3C[C@H](O[C@@H]4O[C@@H](C)[C@H](O)[C@@H](O)[C@H]4O)[C@H]4C(C)(C)[C@@H](O[C@@H]5O[C@@H](C)[C@H](O)[C@@H](O)[C@H]5O)CC[C@@]45C[C@@]35CC[C@]2(C)[C@H]1[C@H](C)CC[C@@H](O[C@@H]1O[C@H](CO)[C@@H](O)[C@H](O)[C@H]1O)C(C)(C)O[C@@H]1OC[C@@H](O)[C@H](O)[C@H]1O. The highest BCUT2D eigenvalue weighted by atomic mass is 16.7. The van der Waals surface area contributed by atoms with Gasteiger partial charge in [0.25, 0.3) is 0 Å². The van der Waals surface area contributed by atoms with Gasteiger partial charge in [-0.1, -0.05) is 34.6 Å². The van der Waals surface area contributed by atoms with E-state index in [1.807, 2.05) is 0 Å². The molecule has 4 saturated heterocycles. The molecule has 9 fully saturated rings. The second-order valence-corrected chi connectivity index (χ2v) is 26.8. The third kappa shape index (κ3) is 9.95. The first-order valence-corrected chi connectivity index (χ1v) is 28.5. The molecule has 13 N–H and O–H groups in total. The molecule has 9 aliphatic rings. The standard InChI is InChI=1S/C55H92O23/c1-22(11-12-32(77-49-44(69)40(65)37(62)29(19-56)75-49)51(7,8)78-46-41(66)36(61)26(58)20-70-46)33-28(73-25(4)57)18-53(10)30-17-27(74-47-42(67)38(63)34(59)23(2)71-47)45-50(5,6)31(76-48-43(68)39(64)35(60)24(3)72-48)13-14-55(45)21-54(30,55)16-15-52(33,53)9/h22-24,26-49,56,58-69H,11-21H2,1-10H3/t22-,23+,24+,26-,27+,28+,29-,30+,31+,32-,33+,34+,35+,36+,37-,38-,39-,40+,41-,42-,43-,44-,45+,46+,47+,48+,49+,52-,53+,54+,55-/m1/s1. The van der Waals surface area contributed by atoms with Crippen LogP contribution in [0.4, 0.5) is 0 Å². The van der Waals surface area contributed by atoms with Crippen molar-refractivity contribution in [2.75, 3.05) is 13.2 Å². The summed E-state index contributed by atoms with van der Waals surface area (Å²) < 4.78 is 56.5. The molecule has 0 aromatic rings. The molecule has 9 rings (SSSR count). The van der Waals surface area contributed by atoms with Crippen LogP contribution in [0.1, 0.15) is 127 Å². The van der Waals surface area contributed by atoms with Crippen molar-refractivity contribution in [2.24, 2.45) is 50.7 Å². The van der Waals surface area contributed by atoms with Crippen molar-refractivity contribution in [3.63, 3.8) is 0 Å². The second kappa shape index (κ2) is 21.9. The lowest BCUT2D eigenvalue weighted by Crippen LogP contribution is -2.65. The Morgan fingerprint density at radius 1 is 0.654 bits per heavy atom. The van der Waals surface area contributed by atoms with Gasteiger partial charge < -0.3 is 109 Å². The van der Waals surface area contributed by atoms with Crippen molar-refractivity contribution in [3.8, 4) is 0 Å². The van der Waals surface area contributed by atoms with Gasteiger partial charge in [0.2, 0.25) is 0 Å². The zero-order valence-corrected chi connectivity index (χ0v) is 46.8. The van der Waals surface area contributed by atoms with Crippen LogP contribution >= 0.6 is 0 Å². The van der Waals surface area contributed by atoms with E-state index in [1.54, 1.807) is 27.7 Å². The molecule has 2 spiro atoms. The summed E-state index contributed by atoms with van der Waals surface area (Å²) >= 11 is 0. The third-order valence-corrected chi connectivity index (χ3v) is 21.8. The van der Waals surface area contributed by atoms with Crippen LogP contribution in [0.5, 0.6) is 0 Å². The summed E-state index contributed by atoms with van der Waals surface area (Å²) in [4.78, 5) is 13.3. The van der Waals surface area contributed by atoms with Gasteiger partial charge in [0.15, 0.2) is 25.2 Å². The van der Waals surface area contributed by atoms with E-state index in [-0.39, 0.29) is 47.5 Å². The monoisotopic (exact) mass is 1120 g/mol. The molecule has 31 atom stereocenters. The average molecular weight is 1120 g/mol. The van der Waals surface area contributed by atoms with Gasteiger partial charge in [-0.2, -0.15) is 0 Å². The second-order valence-electron chi connectivity index (χ2n) is 26.8. The number of carbonyl (C=O) groups is 1. The lowest BCUT2D eigenvalue weighted by molar-refractivity contribution is -0.345.